The van der Waals surface area contributed by atoms with E-state index >= 15 is 0 Å². The molecule has 1 heterocycles. The van der Waals surface area contributed by atoms with E-state index in [2.05, 4.69) is 9.97 Å². The molecule has 0 radical (unpaired) electrons. The molecule has 0 aliphatic rings. The van der Waals surface area contributed by atoms with Gasteiger partial charge in [-0.15, -0.1) is 0 Å². The summed E-state index contributed by atoms with van der Waals surface area (Å²) in [5.74, 6) is 1.47. The molecule has 0 fully saturated rings. The molecule has 0 unspecified atom stereocenters. The highest BCUT2D eigenvalue weighted by Gasteiger charge is 2.23. The molecule has 6 nitrogen and oxygen atoms in total. The molecule has 25 heavy (non-hydrogen) atoms. The molecule has 2 aromatic carbocycles. The van der Waals surface area contributed by atoms with Gasteiger partial charge in [0.05, 0.1) is 20.5 Å². The molecule has 0 aliphatic carbocycles. The van der Waals surface area contributed by atoms with Gasteiger partial charge in [0.2, 0.25) is 0 Å². The minimum atomic E-state index is -0.00782. The average Bonchev–Trinajstić information content (AvgIpc) is 3.13. The molecule has 0 saturated carbocycles. The van der Waals surface area contributed by atoms with Crippen molar-refractivity contribution in [3.8, 4) is 11.5 Å². The van der Waals surface area contributed by atoms with Crippen LogP contribution in [0.2, 0.25) is 0 Å². The van der Waals surface area contributed by atoms with E-state index in [1.165, 1.54) is 0 Å². The zero-order valence-electron chi connectivity index (χ0n) is 14.3. The summed E-state index contributed by atoms with van der Waals surface area (Å²) in [6, 6.07) is 11.4. The third kappa shape index (κ3) is 3.52. The smallest absolute Gasteiger partial charge is 0.124 e. The van der Waals surface area contributed by atoms with Crippen molar-refractivity contribution >= 4 is 11.4 Å². The minimum absolute atomic E-state index is 0.00782. The first kappa shape index (κ1) is 16.7. The van der Waals surface area contributed by atoms with Gasteiger partial charge in [-0.1, -0.05) is 12.1 Å². The number of nitrogens with one attached hydrogen (secondary N) is 1. The zero-order chi connectivity index (χ0) is 17.8. The quantitative estimate of drug-likeness (QED) is 0.600. The van der Waals surface area contributed by atoms with Crippen molar-refractivity contribution in [2.24, 2.45) is 0 Å². The number of nitrogens with two attached hydrogens (primary N) is 2. The summed E-state index contributed by atoms with van der Waals surface area (Å²) in [5.41, 5.74) is 16.2. The van der Waals surface area contributed by atoms with Crippen molar-refractivity contribution in [1.82, 2.24) is 9.97 Å². The predicted molar refractivity (Wildman–Crippen MR) is 98.9 cm³/mol. The molecule has 0 aliphatic heterocycles. The summed E-state index contributed by atoms with van der Waals surface area (Å²) < 4.78 is 11.1. The van der Waals surface area contributed by atoms with E-state index in [-0.39, 0.29) is 5.92 Å². The second kappa shape index (κ2) is 7.17. The lowest BCUT2D eigenvalue weighted by Gasteiger charge is -2.22. The van der Waals surface area contributed by atoms with E-state index in [1.807, 2.05) is 42.6 Å². The molecular formula is C19H22N4O2. The molecule has 5 N–H and O–H groups in total. The maximum absolute atomic E-state index is 5.92. The van der Waals surface area contributed by atoms with Gasteiger partial charge in [-0.3, -0.25) is 0 Å². The highest BCUT2D eigenvalue weighted by molar-refractivity contribution is 5.56. The van der Waals surface area contributed by atoms with E-state index in [0.717, 1.165) is 28.3 Å². The van der Waals surface area contributed by atoms with E-state index in [4.69, 9.17) is 20.9 Å². The van der Waals surface area contributed by atoms with Gasteiger partial charge in [0.25, 0.3) is 0 Å². The van der Waals surface area contributed by atoms with Gasteiger partial charge in [0.1, 0.15) is 11.5 Å². The van der Waals surface area contributed by atoms with Crippen molar-refractivity contribution < 1.29 is 9.47 Å². The van der Waals surface area contributed by atoms with Crippen LogP contribution in [0.15, 0.2) is 48.9 Å². The number of nitrogens with zero attached hydrogens (tertiary/aromatic N) is 1. The Kier molecular flexibility index (Phi) is 4.79. The topological polar surface area (TPSA) is 99.2 Å². The monoisotopic (exact) mass is 338 g/mol. The van der Waals surface area contributed by atoms with Gasteiger partial charge in [0, 0.05) is 58.9 Å². The molecule has 0 amide bonds. The fourth-order valence-electron chi connectivity index (χ4n) is 3.03. The van der Waals surface area contributed by atoms with E-state index < -0.39 is 0 Å². The normalized spacial score (nSPS) is 10.8. The number of aromatic amines is 1. The largest absolute Gasteiger partial charge is 0.496 e. The van der Waals surface area contributed by atoms with Crippen LogP contribution < -0.4 is 20.9 Å². The summed E-state index contributed by atoms with van der Waals surface area (Å²) in [6.07, 6.45) is 4.20. The van der Waals surface area contributed by atoms with Crippen LogP contribution in [0.4, 0.5) is 11.4 Å². The van der Waals surface area contributed by atoms with Gasteiger partial charge in [-0.2, -0.15) is 0 Å². The Hall–Kier alpha value is -3.15. The van der Waals surface area contributed by atoms with Crippen molar-refractivity contribution in [2.75, 3.05) is 25.7 Å². The van der Waals surface area contributed by atoms with Crippen molar-refractivity contribution in [3.05, 3.63) is 65.7 Å². The SMILES string of the molecule is COc1cc(N)ccc1C(Cc1cnc[nH]1)c1ccc(N)cc1OC. The fourth-order valence-corrected chi connectivity index (χ4v) is 3.03. The lowest BCUT2D eigenvalue weighted by atomic mass is 9.86. The number of methoxy groups -OCH3 is 2. The number of benzene rings is 2. The van der Waals surface area contributed by atoms with E-state index in [1.54, 1.807) is 20.5 Å². The van der Waals surface area contributed by atoms with Gasteiger partial charge >= 0.3 is 0 Å². The van der Waals surface area contributed by atoms with E-state index in [9.17, 15) is 0 Å². The Labute approximate surface area is 146 Å². The van der Waals surface area contributed by atoms with Crippen LogP contribution in [-0.2, 0) is 6.42 Å². The number of H-pyrrole nitrogens is 1. The number of nitrogen functional groups attached to an aromatic ring is 2. The summed E-state index contributed by atoms with van der Waals surface area (Å²) in [5, 5.41) is 0. The number of aromatic nitrogens is 2. The van der Waals surface area contributed by atoms with Gasteiger partial charge in [-0.05, 0) is 12.1 Å². The highest BCUT2D eigenvalue weighted by atomic mass is 16.5. The Morgan fingerprint density at radius 3 is 1.96 bits per heavy atom. The van der Waals surface area contributed by atoms with E-state index in [0.29, 0.717) is 17.8 Å². The number of anilines is 2. The summed E-state index contributed by atoms with van der Waals surface area (Å²) >= 11 is 0. The number of hydrogen-bond acceptors (Lipinski definition) is 5. The molecule has 0 atom stereocenters. The van der Waals surface area contributed by atoms with Crippen LogP contribution in [0, 0.1) is 0 Å². The second-order valence-electron chi connectivity index (χ2n) is 5.84. The van der Waals surface area contributed by atoms with Gasteiger partial charge in [0.15, 0.2) is 0 Å². The van der Waals surface area contributed by atoms with Crippen molar-refractivity contribution in [2.45, 2.75) is 12.3 Å². The molecule has 6 heteroatoms. The minimum Gasteiger partial charge on any atom is -0.496 e. The lowest BCUT2D eigenvalue weighted by molar-refractivity contribution is 0.399. The Bertz CT molecular complexity index is 793. The number of ether oxygens (including phenoxy) is 2. The number of imidazole rings is 1. The summed E-state index contributed by atoms with van der Waals surface area (Å²) in [6.45, 7) is 0. The number of hydrogen-bond donors (Lipinski definition) is 3. The van der Waals surface area contributed by atoms with Crippen LogP contribution >= 0.6 is 0 Å². The molecule has 3 rings (SSSR count). The molecule has 0 bridgehead atoms. The van der Waals surface area contributed by atoms with Crippen LogP contribution in [0.5, 0.6) is 11.5 Å². The summed E-state index contributed by atoms with van der Waals surface area (Å²) in [7, 11) is 3.29. The first-order valence-electron chi connectivity index (χ1n) is 7.96. The third-order valence-electron chi connectivity index (χ3n) is 4.24. The third-order valence-corrected chi connectivity index (χ3v) is 4.24. The standard InChI is InChI=1S/C19H22N4O2/c1-24-18-7-12(20)3-5-15(18)17(9-14-10-22-11-23-14)16-6-4-13(21)8-19(16)25-2/h3-8,10-11,17H,9,20-21H2,1-2H3,(H,22,23). The average molecular weight is 338 g/mol. The maximum Gasteiger partial charge on any atom is 0.124 e. The van der Waals surface area contributed by atoms with Crippen LogP contribution in [0.3, 0.4) is 0 Å². The Morgan fingerprint density at radius 1 is 0.960 bits per heavy atom. The number of rotatable bonds is 6. The zero-order valence-corrected chi connectivity index (χ0v) is 14.3. The second-order valence-corrected chi connectivity index (χ2v) is 5.84. The van der Waals surface area contributed by atoms with Crippen molar-refractivity contribution in [3.63, 3.8) is 0 Å². The van der Waals surface area contributed by atoms with Crippen LogP contribution in [0.25, 0.3) is 0 Å². The first-order valence-corrected chi connectivity index (χ1v) is 7.96. The van der Waals surface area contributed by atoms with Crippen molar-refractivity contribution in [1.29, 1.82) is 0 Å². The lowest BCUT2D eigenvalue weighted by Crippen LogP contribution is -2.09. The van der Waals surface area contributed by atoms with Crippen LogP contribution in [0.1, 0.15) is 22.7 Å². The van der Waals surface area contributed by atoms with Gasteiger partial charge in [-0.25, -0.2) is 4.98 Å². The summed E-state index contributed by atoms with van der Waals surface area (Å²) in [4.78, 5) is 7.28. The Morgan fingerprint density at radius 2 is 1.52 bits per heavy atom. The molecule has 1 aromatic heterocycles. The van der Waals surface area contributed by atoms with Crippen LogP contribution in [-0.4, -0.2) is 24.2 Å². The molecule has 130 valence electrons. The first-order chi connectivity index (χ1) is 12.1. The maximum atomic E-state index is 5.92. The molecular weight excluding hydrogens is 316 g/mol. The molecule has 3 aromatic rings. The molecule has 0 spiro atoms. The fraction of sp³-hybridized carbons (Fsp3) is 0.211. The van der Waals surface area contributed by atoms with Gasteiger partial charge < -0.3 is 25.9 Å². The predicted octanol–water partition coefficient (Wildman–Crippen LogP) is 2.97. The molecule has 0 saturated heterocycles. The Balaban J connectivity index is 2.13. The highest BCUT2D eigenvalue weighted by Crippen LogP contribution is 2.39.